The van der Waals surface area contributed by atoms with Crippen LogP contribution in [0.25, 0.3) is 0 Å². The third-order valence-corrected chi connectivity index (χ3v) is 6.20. The molecule has 0 aliphatic carbocycles. The smallest absolute Gasteiger partial charge is 0.326 e. The molecule has 5 heterocycles. The fraction of sp³-hybridized carbons (Fsp3) is 0.556. The maximum atomic E-state index is 14.9. The minimum atomic E-state index is -4.61. The zero-order chi connectivity index (χ0) is 22.3. The molecule has 0 spiro atoms. The minimum Gasteiger partial charge on any atom is -0.326 e. The first kappa shape index (κ1) is 20.1. The number of hydrogen-bond acceptors (Lipinski definition) is 4. The van der Waals surface area contributed by atoms with Crippen LogP contribution in [0.5, 0.6) is 0 Å². The number of carbonyl (C=O) groups excluding carboxylic acids is 1. The number of pyridine rings is 1. The number of nitrogens with zero attached hydrogens (tertiary/aromatic N) is 5. The molecule has 31 heavy (non-hydrogen) atoms. The molecule has 0 radical (unpaired) electrons. The summed E-state index contributed by atoms with van der Waals surface area (Å²) in [5.74, 6) is -5.64. The standard InChI is InChI=1S/C18H15F6N5O2/c19-10-7-27-14(10)17(20,21)9-2-4-12-26-28(16(31)29(12)13(9)15(27)30)6-8-1-3-11(25-5-8)18(22,23)24/h1,3,5,9-10,13-14H,2,4,6-7H2. The SMILES string of the molecule is O=C1C2C(CCc3nn(Cc4ccc(C(F)(F)F)nc4)c(=O)n32)C(F)(F)C2C(F)CN12. The highest BCUT2D eigenvalue weighted by Crippen LogP contribution is 2.52. The maximum Gasteiger partial charge on any atom is 0.433 e. The molecular formula is C18H15F6N5O2. The molecule has 3 aliphatic rings. The molecule has 0 N–H and O–H groups in total. The Morgan fingerprint density at radius 1 is 1.19 bits per heavy atom. The van der Waals surface area contributed by atoms with Crippen LogP contribution in [-0.2, 0) is 23.9 Å². The third kappa shape index (κ3) is 2.81. The van der Waals surface area contributed by atoms with E-state index in [1.165, 1.54) is 0 Å². The van der Waals surface area contributed by atoms with Gasteiger partial charge in [0, 0.05) is 12.6 Å². The molecule has 2 aromatic rings. The van der Waals surface area contributed by atoms with E-state index in [2.05, 4.69) is 10.1 Å². The Morgan fingerprint density at radius 3 is 2.55 bits per heavy atom. The van der Waals surface area contributed by atoms with Gasteiger partial charge in [-0.3, -0.25) is 14.3 Å². The lowest BCUT2D eigenvalue weighted by atomic mass is 9.73. The normalized spacial score (nSPS) is 29.1. The van der Waals surface area contributed by atoms with Crippen molar-refractivity contribution in [3.8, 4) is 0 Å². The van der Waals surface area contributed by atoms with Crippen molar-refractivity contribution in [2.24, 2.45) is 5.92 Å². The van der Waals surface area contributed by atoms with Crippen molar-refractivity contribution >= 4 is 5.91 Å². The van der Waals surface area contributed by atoms with Gasteiger partial charge < -0.3 is 4.90 Å². The summed E-state index contributed by atoms with van der Waals surface area (Å²) in [7, 11) is 0. The van der Waals surface area contributed by atoms with Gasteiger partial charge in [0.1, 0.15) is 29.8 Å². The first-order valence-electron chi connectivity index (χ1n) is 9.53. The number of alkyl halides is 6. The Bertz CT molecular complexity index is 1110. The second-order valence-electron chi connectivity index (χ2n) is 7.99. The van der Waals surface area contributed by atoms with Crippen molar-refractivity contribution in [2.45, 2.75) is 49.7 Å². The lowest BCUT2D eigenvalue weighted by molar-refractivity contribution is -0.231. The zero-order valence-electron chi connectivity index (χ0n) is 15.7. The molecule has 166 valence electrons. The molecule has 13 heteroatoms. The first-order valence-corrected chi connectivity index (χ1v) is 9.53. The summed E-state index contributed by atoms with van der Waals surface area (Å²) in [5.41, 5.74) is -1.68. The van der Waals surface area contributed by atoms with Gasteiger partial charge in [0.15, 0.2) is 0 Å². The van der Waals surface area contributed by atoms with Crippen LogP contribution in [0.2, 0.25) is 0 Å². The fourth-order valence-corrected chi connectivity index (χ4v) is 4.71. The zero-order valence-corrected chi connectivity index (χ0v) is 15.7. The number of rotatable bonds is 2. The number of carbonyl (C=O) groups is 1. The van der Waals surface area contributed by atoms with Crippen molar-refractivity contribution in [1.82, 2.24) is 24.2 Å². The molecule has 4 atom stereocenters. The van der Waals surface area contributed by atoms with Crippen molar-refractivity contribution in [3.63, 3.8) is 0 Å². The van der Waals surface area contributed by atoms with Crippen LogP contribution in [0.1, 0.15) is 29.5 Å². The average Bonchev–Trinajstić information content (AvgIpc) is 2.99. The van der Waals surface area contributed by atoms with Gasteiger partial charge in [0.2, 0.25) is 5.91 Å². The van der Waals surface area contributed by atoms with Crippen LogP contribution in [0.15, 0.2) is 23.1 Å². The van der Waals surface area contributed by atoms with Crippen molar-refractivity contribution < 1.29 is 31.1 Å². The van der Waals surface area contributed by atoms with Crippen LogP contribution in [0.3, 0.4) is 0 Å². The number of aryl methyl sites for hydroxylation is 1. The van der Waals surface area contributed by atoms with Crippen LogP contribution in [0, 0.1) is 5.92 Å². The van der Waals surface area contributed by atoms with Gasteiger partial charge in [0.25, 0.3) is 5.92 Å². The molecule has 4 unspecified atom stereocenters. The van der Waals surface area contributed by atoms with E-state index < -0.39 is 60.1 Å². The third-order valence-electron chi connectivity index (χ3n) is 6.20. The molecule has 1 amide bonds. The highest BCUT2D eigenvalue weighted by molar-refractivity contribution is 5.84. The fourth-order valence-electron chi connectivity index (χ4n) is 4.71. The average molecular weight is 447 g/mol. The van der Waals surface area contributed by atoms with E-state index in [-0.39, 0.29) is 30.8 Å². The molecule has 2 aromatic heterocycles. The first-order chi connectivity index (χ1) is 14.5. The highest BCUT2D eigenvalue weighted by atomic mass is 19.4. The van der Waals surface area contributed by atoms with E-state index >= 15 is 0 Å². The molecule has 3 aliphatic heterocycles. The summed E-state index contributed by atoms with van der Waals surface area (Å²) in [6.07, 6.45) is -5.63. The van der Waals surface area contributed by atoms with E-state index in [9.17, 15) is 35.9 Å². The van der Waals surface area contributed by atoms with Crippen molar-refractivity contribution in [1.29, 1.82) is 0 Å². The van der Waals surface area contributed by atoms with E-state index in [0.717, 1.165) is 32.5 Å². The molecule has 0 bridgehead atoms. The summed E-state index contributed by atoms with van der Waals surface area (Å²) in [6, 6.07) is -1.41. The molecular weight excluding hydrogens is 432 g/mol. The van der Waals surface area contributed by atoms with Gasteiger partial charge in [-0.05, 0) is 18.1 Å². The molecule has 2 saturated heterocycles. The second-order valence-corrected chi connectivity index (χ2v) is 7.99. The van der Waals surface area contributed by atoms with Crippen LogP contribution in [-0.4, -0.2) is 54.8 Å². The lowest BCUT2D eigenvalue weighted by Crippen LogP contribution is -2.75. The van der Waals surface area contributed by atoms with Crippen molar-refractivity contribution in [2.75, 3.05) is 6.54 Å². The minimum absolute atomic E-state index is 0.0127. The molecule has 7 nitrogen and oxygen atoms in total. The number of piperidine rings is 1. The Balaban J connectivity index is 1.48. The number of amides is 1. The number of fused-ring (bicyclic) bond motifs is 4. The van der Waals surface area contributed by atoms with Crippen LogP contribution >= 0.6 is 0 Å². The van der Waals surface area contributed by atoms with E-state index in [1.54, 1.807) is 0 Å². The number of halogens is 6. The Morgan fingerprint density at radius 2 is 1.94 bits per heavy atom. The predicted octanol–water partition coefficient (Wildman–Crippen LogP) is 1.81. The van der Waals surface area contributed by atoms with Gasteiger partial charge in [-0.25, -0.2) is 22.6 Å². The summed E-state index contributed by atoms with van der Waals surface area (Å²) in [6.45, 7) is -0.692. The second kappa shape index (κ2) is 6.33. The molecule has 5 rings (SSSR count). The van der Waals surface area contributed by atoms with Gasteiger partial charge in [-0.15, -0.1) is 0 Å². The molecule has 0 saturated carbocycles. The Labute approximate surface area is 170 Å². The van der Waals surface area contributed by atoms with Gasteiger partial charge >= 0.3 is 11.9 Å². The Hall–Kier alpha value is -2.86. The Kier molecular flexibility index (Phi) is 4.10. The van der Waals surface area contributed by atoms with Gasteiger partial charge in [-0.2, -0.15) is 18.3 Å². The maximum absolute atomic E-state index is 14.9. The van der Waals surface area contributed by atoms with Gasteiger partial charge in [0.05, 0.1) is 19.0 Å². The molecule has 0 aromatic carbocycles. The largest absolute Gasteiger partial charge is 0.433 e. The quantitative estimate of drug-likeness (QED) is 0.659. The van der Waals surface area contributed by atoms with Crippen LogP contribution in [0.4, 0.5) is 26.3 Å². The summed E-state index contributed by atoms with van der Waals surface area (Å²) >= 11 is 0. The molecule has 2 fully saturated rings. The summed E-state index contributed by atoms with van der Waals surface area (Å²) < 4.78 is 83.4. The summed E-state index contributed by atoms with van der Waals surface area (Å²) in [5, 5.41) is 4.09. The summed E-state index contributed by atoms with van der Waals surface area (Å²) in [4.78, 5) is 29.8. The van der Waals surface area contributed by atoms with Gasteiger partial charge in [-0.1, -0.05) is 6.07 Å². The lowest BCUT2D eigenvalue weighted by Gasteiger charge is -2.56. The topological polar surface area (TPSA) is 73.0 Å². The van der Waals surface area contributed by atoms with E-state index in [1.807, 2.05) is 0 Å². The monoisotopic (exact) mass is 447 g/mol. The number of hydrogen-bond donors (Lipinski definition) is 0. The number of aromatic nitrogens is 4. The van der Waals surface area contributed by atoms with E-state index in [0.29, 0.717) is 0 Å². The predicted molar refractivity (Wildman–Crippen MR) is 91.0 cm³/mol. The highest BCUT2D eigenvalue weighted by Gasteiger charge is 2.68. The van der Waals surface area contributed by atoms with Crippen molar-refractivity contribution in [3.05, 3.63) is 45.9 Å². The van der Waals surface area contributed by atoms with Crippen LogP contribution < -0.4 is 5.69 Å². The van der Waals surface area contributed by atoms with E-state index in [4.69, 9.17) is 0 Å².